The summed E-state index contributed by atoms with van der Waals surface area (Å²) in [5, 5.41) is 24.5. The fourth-order valence-corrected chi connectivity index (χ4v) is 12.0. The second kappa shape index (κ2) is 28.4. The number of carbonyl (C=O) groups excluding carboxylic acids is 6. The van der Waals surface area contributed by atoms with Gasteiger partial charge in [0.2, 0.25) is 23.6 Å². The van der Waals surface area contributed by atoms with Crippen molar-refractivity contribution in [1.29, 1.82) is 0 Å². The Hall–Kier alpha value is -8.18. The molecule has 0 bridgehead atoms. The van der Waals surface area contributed by atoms with Crippen LogP contribution in [0.1, 0.15) is 85.9 Å². The van der Waals surface area contributed by atoms with Crippen LogP contribution in [0.3, 0.4) is 0 Å². The number of halogens is 1. The fraction of sp³-hybridized carbons (Fsp3) is 0.377. The minimum absolute atomic E-state index is 0. The number of benzene rings is 5. The smallest absolute Gasteiger partial charge is 0.870 e. The van der Waals surface area contributed by atoms with E-state index in [1.54, 1.807) is 85.7 Å². The number of amides is 4. The van der Waals surface area contributed by atoms with Gasteiger partial charge in [-0.05, 0) is 115 Å². The normalized spacial score (nSPS) is 22.1. The van der Waals surface area contributed by atoms with Crippen molar-refractivity contribution in [2.75, 3.05) is 26.3 Å². The van der Waals surface area contributed by atoms with Gasteiger partial charge in [0.1, 0.15) is 46.6 Å². The molecule has 4 fully saturated rings. The number of hydrogen-bond donors (Lipinski definition) is 3. The second-order valence-electron chi connectivity index (χ2n) is 24.8. The van der Waals surface area contributed by atoms with Crippen LogP contribution in [0.2, 0.25) is 5.02 Å². The molecule has 5 heterocycles. The number of aliphatic hydroxyl groups excluding tert-OH is 1. The Bertz CT molecular complexity index is 4120. The Morgan fingerprint density at radius 3 is 1.46 bits per heavy atom. The Morgan fingerprint density at radius 1 is 0.620 bits per heavy atom. The molecule has 8 aromatic rings. The predicted molar refractivity (Wildman–Crippen MR) is 345 cm³/mol. The topological polar surface area (TPSA) is 273 Å². The van der Waals surface area contributed by atoms with Gasteiger partial charge in [-0.25, -0.2) is 24.4 Å². The molecule has 4 N–H and O–H groups in total. The summed E-state index contributed by atoms with van der Waals surface area (Å²) in [4.78, 5) is 93.7. The van der Waals surface area contributed by atoms with E-state index in [-0.39, 0.29) is 86.0 Å². The van der Waals surface area contributed by atoms with Crippen molar-refractivity contribution in [3.8, 4) is 11.8 Å². The van der Waals surface area contributed by atoms with E-state index < -0.39 is 82.4 Å². The number of esters is 1. The molecule has 8 atom stereocenters. The molecule has 12 rings (SSSR count). The third-order valence-electron chi connectivity index (χ3n) is 16.2. The molecule has 3 aromatic heterocycles. The van der Waals surface area contributed by atoms with Crippen LogP contribution < -0.4 is 49.7 Å². The van der Waals surface area contributed by atoms with Gasteiger partial charge < -0.3 is 44.9 Å². The molecule has 5 aromatic carbocycles. The molecule has 2 saturated heterocycles. The van der Waals surface area contributed by atoms with E-state index in [2.05, 4.69) is 28.9 Å². The van der Waals surface area contributed by atoms with E-state index >= 15 is 0 Å². The number of carbonyl (C=O) groups is 6. The summed E-state index contributed by atoms with van der Waals surface area (Å²) in [6.07, 6.45) is 3.54. The molecule has 0 unspecified atom stereocenters. The quantitative estimate of drug-likeness (QED) is 0.0323. The van der Waals surface area contributed by atoms with Crippen LogP contribution in [0.5, 0.6) is 11.8 Å². The molecule has 478 valence electrons. The van der Waals surface area contributed by atoms with Crippen LogP contribution in [0.4, 0.5) is 9.59 Å². The van der Waals surface area contributed by atoms with Gasteiger partial charge in [0, 0.05) is 58.2 Å². The van der Waals surface area contributed by atoms with Crippen LogP contribution in [-0.4, -0.2) is 149 Å². The summed E-state index contributed by atoms with van der Waals surface area (Å²) in [6, 6.07) is 34.7. The van der Waals surface area contributed by atoms with Crippen molar-refractivity contribution in [2.45, 2.75) is 128 Å². The molecule has 4 aliphatic rings. The van der Waals surface area contributed by atoms with Crippen LogP contribution in [0, 0.1) is 11.8 Å². The largest absolute Gasteiger partial charge is 1.00 e. The van der Waals surface area contributed by atoms with E-state index in [0.29, 0.717) is 40.5 Å². The molecule has 21 nitrogen and oxygen atoms in total. The van der Waals surface area contributed by atoms with Gasteiger partial charge in [0.25, 0.3) is 5.91 Å². The first-order chi connectivity index (χ1) is 43.0. The van der Waals surface area contributed by atoms with E-state index in [1.807, 2.05) is 97.1 Å². The Labute approximate surface area is 560 Å². The van der Waals surface area contributed by atoms with Crippen LogP contribution in [0.15, 0.2) is 147 Å². The van der Waals surface area contributed by atoms with Crippen molar-refractivity contribution in [1.82, 2.24) is 40.2 Å². The second-order valence-corrected chi connectivity index (χ2v) is 25.2. The number of ether oxygens (including phenoxy) is 5. The van der Waals surface area contributed by atoms with E-state index in [1.165, 1.54) is 20.7 Å². The number of likely N-dealkylation sites (tertiary alicyclic amines) is 2. The summed E-state index contributed by atoms with van der Waals surface area (Å²) in [5.41, 5.74) is -1.92. The van der Waals surface area contributed by atoms with Crippen molar-refractivity contribution in [3.63, 3.8) is 0 Å². The van der Waals surface area contributed by atoms with Crippen LogP contribution in [-0.2, 0) is 28.6 Å². The van der Waals surface area contributed by atoms with Gasteiger partial charge in [-0.1, -0.05) is 103 Å². The van der Waals surface area contributed by atoms with Crippen molar-refractivity contribution in [2.24, 2.45) is 11.8 Å². The standard InChI is InChI=1S/C36H34ClN5O5.C31H35N3O6.C2H6O.Na.H2O/c1-5-21-18-36(21,33(44)42-29-16-10-14-27(37)26(29)19-38-42)40-31(43)30-17-22(20-41(30)34(45)47-35(2,3)4)46-32-25-13-7-6-11-23(25)24-12-8-9-15-28(24)39-32;1-6-19-17-31(19,28(36)38-7-2)33-26(35)25-16-20(18-34(25)29(37)40-30(3,4)5)39-27-23-14-9-8-12-21(23)22-13-10-11-15-24(22)32-27;1-2-3;;/h5-16,19,21-22,30H,1,17-18,20H2,2-4H3,(H,40,43);6,8-15,19-20,25H,1,7,16-18H2,2-5H3,(H,33,35);3H,2H2,1H3;;1H2/q;;;+1;/p-1/t21-,22+,30-,36-;19-,20+,25-,31-;;;/m00.../s1. The number of aromatic nitrogens is 4. The zero-order valence-electron chi connectivity index (χ0n) is 53.2. The third-order valence-corrected chi connectivity index (χ3v) is 16.5. The Morgan fingerprint density at radius 2 is 1.03 bits per heavy atom. The average Bonchev–Trinajstić information content (AvgIpc) is 1.56. The molecule has 4 amide bonds. The first kappa shape index (κ1) is 69.7. The molecule has 2 aliphatic heterocycles. The van der Waals surface area contributed by atoms with Crippen molar-refractivity contribution >= 4 is 102 Å². The van der Waals surface area contributed by atoms with Crippen molar-refractivity contribution in [3.05, 3.63) is 152 Å². The monoisotopic (exact) mass is 1280 g/mol. The van der Waals surface area contributed by atoms with Gasteiger partial charge >= 0.3 is 47.7 Å². The fourth-order valence-electron chi connectivity index (χ4n) is 11.8. The third kappa shape index (κ3) is 14.5. The Balaban J connectivity index is 0.000000225. The number of nitrogens with one attached hydrogen (secondary N) is 2. The zero-order chi connectivity index (χ0) is 64.5. The maximum absolute atomic E-state index is 14.2. The predicted octanol–water partition coefficient (Wildman–Crippen LogP) is 8.14. The molecule has 2 saturated carbocycles. The van der Waals surface area contributed by atoms with Crippen molar-refractivity contribution < 1.29 is 92.6 Å². The van der Waals surface area contributed by atoms with Gasteiger partial charge in [-0.3, -0.25) is 24.2 Å². The van der Waals surface area contributed by atoms with Gasteiger partial charge in [0.05, 0.1) is 47.5 Å². The first-order valence-corrected chi connectivity index (χ1v) is 30.6. The molecule has 0 radical (unpaired) electrons. The van der Waals surface area contributed by atoms with E-state index in [4.69, 9.17) is 50.4 Å². The number of hydrogen-bond acceptors (Lipinski definition) is 16. The molecular formula is C69H76ClN8NaO13. The van der Waals surface area contributed by atoms with Crippen LogP contribution in [0.25, 0.3) is 54.3 Å². The minimum Gasteiger partial charge on any atom is -0.870 e. The number of pyridine rings is 2. The molecule has 92 heavy (non-hydrogen) atoms. The van der Waals surface area contributed by atoms with Gasteiger partial charge in [-0.2, -0.15) is 9.78 Å². The van der Waals surface area contributed by atoms with Crippen LogP contribution >= 0.6 is 11.6 Å². The summed E-state index contributed by atoms with van der Waals surface area (Å²) in [6.45, 7) is 22.3. The number of para-hydroxylation sites is 2. The van der Waals surface area contributed by atoms with Gasteiger partial charge in [-0.15, -0.1) is 13.2 Å². The number of rotatable bonds is 13. The average molecular weight is 1280 g/mol. The van der Waals surface area contributed by atoms with Gasteiger partial charge in [0.15, 0.2) is 0 Å². The summed E-state index contributed by atoms with van der Waals surface area (Å²) in [7, 11) is 0. The SMILES string of the molecule is C=C[C@H]1C[C@@]1(NC(=O)[C@@H]1C[C@@H](Oc2nc3ccccc3c3ccccc23)CN1C(=O)OC(C)(C)C)C(=O)OCC.C=C[C@H]1C[C@@]1(NC(=O)[C@@H]1C[C@@H](Oc2nc3ccccc3c3ccccc23)CN1C(=O)OC(C)(C)C)C(=O)n1ncc2c(Cl)cccc21.CCO.[Na+].[OH-]. The summed E-state index contributed by atoms with van der Waals surface area (Å²) < 4.78 is 30.8. The minimum atomic E-state index is -1.28. The first-order valence-electron chi connectivity index (χ1n) is 30.2. The molecule has 23 heteroatoms. The maximum Gasteiger partial charge on any atom is 1.00 e. The Kier molecular flexibility index (Phi) is 21.5. The number of nitrogens with zero attached hydrogens (tertiary/aromatic N) is 6. The van der Waals surface area contributed by atoms with E-state index in [9.17, 15) is 28.8 Å². The summed E-state index contributed by atoms with van der Waals surface area (Å²) in [5.74, 6) is -1.60. The number of fused-ring (bicyclic) bond motifs is 7. The maximum atomic E-state index is 14.2. The zero-order valence-corrected chi connectivity index (χ0v) is 55.9. The molecular weight excluding hydrogens is 1210 g/mol. The van der Waals surface area contributed by atoms with E-state index in [0.717, 1.165) is 43.4 Å². The number of aliphatic hydroxyl groups is 1. The molecule has 0 spiro atoms. The molecule has 2 aliphatic carbocycles. The summed E-state index contributed by atoms with van der Waals surface area (Å²) >= 11 is 6.34.